The van der Waals surface area contributed by atoms with Crippen molar-refractivity contribution in [3.63, 3.8) is 0 Å². The quantitative estimate of drug-likeness (QED) is 0.262. The Morgan fingerprint density at radius 3 is 0.867 bits per heavy atom. The first-order chi connectivity index (χ1) is 6.91. The number of rotatable bonds is 0. The first-order valence-electron chi connectivity index (χ1n) is 3.11. The lowest BCUT2D eigenvalue weighted by Gasteiger charge is -2.19. The monoisotopic (exact) mass is 641 g/mol. The molecule has 0 bridgehead atoms. The molecule has 0 aromatic rings. The normalized spacial score (nSPS) is 16.8. The molecular formula is C6Br6S3. The molecule has 84 valence electrons. The van der Waals surface area contributed by atoms with E-state index in [1.807, 2.05) is 0 Å². The highest BCUT2D eigenvalue weighted by atomic mass is 79.9. The van der Waals surface area contributed by atoms with Gasteiger partial charge in [-0.25, -0.2) is 0 Å². The van der Waals surface area contributed by atoms with E-state index in [1.54, 1.807) is 35.3 Å². The van der Waals surface area contributed by atoms with Gasteiger partial charge >= 0.3 is 0 Å². The molecule has 9 heteroatoms. The van der Waals surface area contributed by atoms with Gasteiger partial charge in [-0.05, 0) is 95.6 Å². The molecule has 1 saturated heterocycles. The summed E-state index contributed by atoms with van der Waals surface area (Å²) in [6, 6.07) is 0. The molecule has 0 spiro atoms. The molecule has 15 heavy (non-hydrogen) atoms. The molecular weight excluding hydrogens is 648 g/mol. The van der Waals surface area contributed by atoms with Gasteiger partial charge in [-0.15, -0.1) is 0 Å². The maximum Gasteiger partial charge on any atom is 0.0811 e. The van der Waals surface area contributed by atoms with Gasteiger partial charge in [-0.2, -0.15) is 0 Å². The first kappa shape index (κ1) is 16.2. The third-order valence-electron chi connectivity index (χ3n) is 1.02. The Morgan fingerprint density at radius 2 is 0.733 bits per heavy atom. The summed E-state index contributed by atoms with van der Waals surface area (Å²) >= 11 is 25.6. The number of halogens is 6. The standard InChI is InChI=1S/C6Br6S3/c7-1(8)4-13-5(2(9)10)15-6(14-4)3(11)12. The zero-order valence-corrected chi connectivity index (χ0v) is 18.5. The molecule has 0 aliphatic carbocycles. The van der Waals surface area contributed by atoms with Crippen molar-refractivity contribution >= 4 is 131 Å². The summed E-state index contributed by atoms with van der Waals surface area (Å²) in [6.07, 6.45) is 0. The maximum atomic E-state index is 3.43. The molecule has 0 aromatic carbocycles. The average molecular weight is 648 g/mol. The van der Waals surface area contributed by atoms with Crippen LogP contribution in [0.3, 0.4) is 0 Å². The Hall–Kier alpha value is 3.15. The molecule has 1 fully saturated rings. The zero-order chi connectivity index (χ0) is 11.6. The maximum absolute atomic E-state index is 3.43. The summed E-state index contributed by atoms with van der Waals surface area (Å²) in [4.78, 5) is 0. The van der Waals surface area contributed by atoms with Crippen LogP contribution in [-0.2, 0) is 0 Å². The molecule has 0 atom stereocenters. The average Bonchev–Trinajstić information content (AvgIpc) is 2.16. The lowest BCUT2D eigenvalue weighted by Crippen LogP contribution is -1.84. The molecule has 0 saturated carbocycles. The van der Waals surface area contributed by atoms with E-state index >= 15 is 0 Å². The van der Waals surface area contributed by atoms with E-state index in [9.17, 15) is 0 Å². The van der Waals surface area contributed by atoms with E-state index in [-0.39, 0.29) is 0 Å². The van der Waals surface area contributed by atoms with Crippen LogP contribution in [0.2, 0.25) is 0 Å². The summed E-state index contributed by atoms with van der Waals surface area (Å²) < 4.78 is 6.36. The van der Waals surface area contributed by atoms with Crippen molar-refractivity contribution in [2.45, 2.75) is 0 Å². The van der Waals surface area contributed by atoms with Crippen LogP contribution in [0.5, 0.6) is 0 Å². The smallest absolute Gasteiger partial charge is 0.0718 e. The Balaban J connectivity index is 3.10. The summed E-state index contributed by atoms with van der Waals surface area (Å²) in [5, 5.41) is 0. The predicted octanol–water partition coefficient (Wildman–Crippen LogP) is 7.95. The third kappa shape index (κ3) is 5.34. The van der Waals surface area contributed by atoms with Crippen LogP contribution >= 0.6 is 131 Å². The second-order valence-corrected chi connectivity index (χ2v) is 13.7. The van der Waals surface area contributed by atoms with Crippen LogP contribution in [0.25, 0.3) is 0 Å². The van der Waals surface area contributed by atoms with Crippen LogP contribution < -0.4 is 0 Å². The second kappa shape index (κ2) is 7.67. The van der Waals surface area contributed by atoms with Crippen LogP contribution in [0.15, 0.2) is 22.9 Å². The Morgan fingerprint density at radius 1 is 0.533 bits per heavy atom. The largest absolute Gasteiger partial charge is 0.0811 e. The topological polar surface area (TPSA) is 0 Å². The molecule has 0 radical (unpaired) electrons. The van der Waals surface area contributed by atoms with Crippen LogP contribution in [-0.4, -0.2) is 0 Å². The molecule has 1 heterocycles. The molecule has 0 nitrogen and oxygen atoms in total. The van der Waals surface area contributed by atoms with Gasteiger partial charge in [0.05, 0.1) is 22.9 Å². The van der Waals surface area contributed by atoms with E-state index in [4.69, 9.17) is 0 Å². The fourth-order valence-corrected chi connectivity index (χ4v) is 6.90. The van der Waals surface area contributed by atoms with Crippen molar-refractivity contribution in [3.05, 3.63) is 22.9 Å². The van der Waals surface area contributed by atoms with Gasteiger partial charge in [0.1, 0.15) is 0 Å². The molecule has 0 aromatic heterocycles. The summed E-state index contributed by atoms with van der Waals surface area (Å²) in [6.45, 7) is 0. The number of thioether (sulfide) groups is 3. The molecule has 1 aliphatic heterocycles. The van der Waals surface area contributed by atoms with Crippen molar-refractivity contribution < 1.29 is 0 Å². The highest BCUT2D eigenvalue weighted by Gasteiger charge is 2.23. The molecule has 0 N–H and O–H groups in total. The minimum atomic E-state index is 0.961. The van der Waals surface area contributed by atoms with E-state index < -0.39 is 0 Å². The van der Waals surface area contributed by atoms with Gasteiger partial charge in [-0.1, -0.05) is 35.3 Å². The Kier molecular flexibility index (Phi) is 8.29. The molecule has 0 amide bonds. The van der Waals surface area contributed by atoms with Crippen molar-refractivity contribution in [2.75, 3.05) is 0 Å². The van der Waals surface area contributed by atoms with E-state index in [2.05, 4.69) is 95.6 Å². The molecule has 1 aliphatic rings. The SMILES string of the molecule is BrC(Br)=C1SC(=C(Br)Br)SC(=C(Br)Br)S1. The predicted molar refractivity (Wildman–Crippen MR) is 97.4 cm³/mol. The van der Waals surface area contributed by atoms with Crippen molar-refractivity contribution in [1.29, 1.82) is 0 Å². The van der Waals surface area contributed by atoms with Gasteiger partial charge < -0.3 is 0 Å². The fourth-order valence-electron chi connectivity index (χ4n) is 0.547. The van der Waals surface area contributed by atoms with Gasteiger partial charge in [0.15, 0.2) is 0 Å². The van der Waals surface area contributed by atoms with E-state index in [0.717, 1.165) is 22.9 Å². The minimum absolute atomic E-state index is 0.961. The minimum Gasteiger partial charge on any atom is -0.0718 e. The first-order valence-corrected chi connectivity index (χ1v) is 10.3. The van der Waals surface area contributed by atoms with Crippen LogP contribution in [0, 0.1) is 0 Å². The van der Waals surface area contributed by atoms with Crippen molar-refractivity contribution in [2.24, 2.45) is 0 Å². The van der Waals surface area contributed by atoms with Crippen LogP contribution in [0.4, 0.5) is 0 Å². The van der Waals surface area contributed by atoms with E-state index in [0.29, 0.717) is 0 Å². The Labute approximate surface area is 151 Å². The fraction of sp³-hybridized carbons (Fsp3) is 0. The van der Waals surface area contributed by atoms with Gasteiger partial charge in [-0.3, -0.25) is 0 Å². The van der Waals surface area contributed by atoms with E-state index in [1.165, 1.54) is 0 Å². The molecule has 1 rings (SSSR count). The van der Waals surface area contributed by atoms with Crippen molar-refractivity contribution in [1.82, 2.24) is 0 Å². The zero-order valence-electron chi connectivity index (χ0n) is 6.49. The lowest BCUT2D eigenvalue weighted by molar-refractivity contribution is 2.25. The summed E-state index contributed by atoms with van der Waals surface area (Å²) in [5.41, 5.74) is 0. The highest BCUT2D eigenvalue weighted by molar-refractivity contribution is 9.29. The highest BCUT2D eigenvalue weighted by Crippen LogP contribution is 2.60. The van der Waals surface area contributed by atoms with Crippen molar-refractivity contribution in [3.8, 4) is 0 Å². The number of hydrogen-bond acceptors (Lipinski definition) is 3. The third-order valence-corrected chi connectivity index (χ3v) is 10.4. The van der Waals surface area contributed by atoms with Crippen LogP contribution in [0.1, 0.15) is 0 Å². The van der Waals surface area contributed by atoms with Gasteiger partial charge in [0.2, 0.25) is 0 Å². The lowest BCUT2D eigenvalue weighted by atomic mass is 11.2. The van der Waals surface area contributed by atoms with Gasteiger partial charge in [0.25, 0.3) is 0 Å². The van der Waals surface area contributed by atoms with Gasteiger partial charge in [0, 0.05) is 0 Å². The summed E-state index contributed by atoms with van der Waals surface area (Å²) in [7, 11) is 0. The number of hydrogen-bond donors (Lipinski definition) is 0. The Bertz CT molecular complexity index is 290. The summed E-state index contributed by atoms with van der Waals surface area (Å²) in [5.74, 6) is 0. The second-order valence-electron chi connectivity index (χ2n) is 1.95. The molecule has 0 unspecified atom stereocenters.